The number of rotatable bonds is 4. The third-order valence-corrected chi connectivity index (χ3v) is 4.12. The molecule has 1 fully saturated rings. The first-order chi connectivity index (χ1) is 9.07. The van der Waals surface area contributed by atoms with E-state index >= 15 is 0 Å². The highest BCUT2D eigenvalue weighted by atomic mass is 16.1. The van der Waals surface area contributed by atoms with Gasteiger partial charge in [-0.3, -0.25) is 9.89 Å². The molecule has 4 heteroatoms. The van der Waals surface area contributed by atoms with Crippen molar-refractivity contribution in [1.29, 1.82) is 0 Å². The number of hydrogen-bond donors (Lipinski definition) is 2. The minimum atomic E-state index is 0.0805. The van der Waals surface area contributed by atoms with Gasteiger partial charge in [0.05, 0.1) is 12.1 Å². The van der Waals surface area contributed by atoms with Crippen LogP contribution in [0.1, 0.15) is 56.8 Å². The summed E-state index contributed by atoms with van der Waals surface area (Å²) in [7, 11) is 0. The number of H-pyrrole nitrogens is 1. The maximum absolute atomic E-state index is 11.9. The van der Waals surface area contributed by atoms with Crippen LogP contribution in [0.5, 0.6) is 0 Å². The molecule has 1 aliphatic carbocycles. The molecule has 1 heterocycles. The maximum atomic E-state index is 11.9. The molecule has 0 saturated heterocycles. The number of hydrogen-bond acceptors (Lipinski definition) is 2. The topological polar surface area (TPSA) is 57.8 Å². The first kappa shape index (κ1) is 14.1. The average molecular weight is 263 g/mol. The zero-order chi connectivity index (χ0) is 13.7. The lowest BCUT2D eigenvalue weighted by Crippen LogP contribution is -2.36. The summed E-state index contributed by atoms with van der Waals surface area (Å²) in [5, 5.41) is 10.0. The first-order valence-corrected chi connectivity index (χ1v) is 7.35. The smallest absolute Gasteiger partial charge is 0.226 e. The van der Waals surface area contributed by atoms with E-state index in [1.165, 1.54) is 38.5 Å². The molecular weight excluding hydrogens is 238 g/mol. The van der Waals surface area contributed by atoms with Crippen molar-refractivity contribution in [2.24, 2.45) is 5.41 Å². The molecule has 0 aliphatic heterocycles. The minimum Gasteiger partial charge on any atom is -0.355 e. The Morgan fingerprint density at radius 1 is 1.37 bits per heavy atom. The van der Waals surface area contributed by atoms with Crippen molar-refractivity contribution < 1.29 is 4.79 Å². The van der Waals surface area contributed by atoms with Crippen LogP contribution in [-0.4, -0.2) is 22.6 Å². The molecule has 19 heavy (non-hydrogen) atoms. The summed E-state index contributed by atoms with van der Waals surface area (Å²) in [6.45, 7) is 5.05. The second-order valence-electron chi connectivity index (χ2n) is 6.22. The van der Waals surface area contributed by atoms with Crippen molar-refractivity contribution in [2.45, 2.75) is 58.8 Å². The summed E-state index contributed by atoms with van der Waals surface area (Å²) in [6, 6.07) is 1.92. The lowest BCUT2D eigenvalue weighted by molar-refractivity contribution is -0.121. The van der Waals surface area contributed by atoms with Crippen LogP contribution in [0.15, 0.2) is 6.07 Å². The number of carbonyl (C=O) groups is 1. The summed E-state index contributed by atoms with van der Waals surface area (Å²) in [4.78, 5) is 11.9. The summed E-state index contributed by atoms with van der Waals surface area (Å²) >= 11 is 0. The maximum Gasteiger partial charge on any atom is 0.226 e. The van der Waals surface area contributed by atoms with Crippen LogP contribution in [0.25, 0.3) is 0 Å². The van der Waals surface area contributed by atoms with E-state index < -0.39 is 0 Å². The Balaban J connectivity index is 1.79. The second-order valence-corrected chi connectivity index (χ2v) is 6.22. The highest BCUT2D eigenvalue weighted by molar-refractivity contribution is 5.78. The lowest BCUT2D eigenvalue weighted by Gasteiger charge is -2.28. The van der Waals surface area contributed by atoms with Gasteiger partial charge in [0.15, 0.2) is 0 Å². The van der Waals surface area contributed by atoms with Crippen LogP contribution < -0.4 is 5.32 Å². The van der Waals surface area contributed by atoms with Gasteiger partial charge in [0.25, 0.3) is 0 Å². The van der Waals surface area contributed by atoms with Crippen molar-refractivity contribution >= 4 is 5.91 Å². The molecule has 2 rings (SSSR count). The predicted molar refractivity (Wildman–Crippen MR) is 75.8 cm³/mol. The van der Waals surface area contributed by atoms with Gasteiger partial charge < -0.3 is 5.32 Å². The molecule has 4 nitrogen and oxygen atoms in total. The van der Waals surface area contributed by atoms with Gasteiger partial charge in [0.2, 0.25) is 5.91 Å². The molecule has 0 radical (unpaired) electrons. The summed E-state index contributed by atoms with van der Waals surface area (Å²) in [5.74, 6) is 0.0805. The molecule has 0 aromatic carbocycles. The van der Waals surface area contributed by atoms with Crippen LogP contribution in [0.4, 0.5) is 0 Å². The van der Waals surface area contributed by atoms with Gasteiger partial charge in [-0.15, -0.1) is 0 Å². The third-order valence-electron chi connectivity index (χ3n) is 4.12. The SMILES string of the molecule is Cc1cc(CC(=O)NCC2(C)CCCCCC2)n[nH]1. The molecule has 0 atom stereocenters. The van der Waals surface area contributed by atoms with Crippen molar-refractivity contribution in [1.82, 2.24) is 15.5 Å². The van der Waals surface area contributed by atoms with Gasteiger partial charge >= 0.3 is 0 Å². The quantitative estimate of drug-likeness (QED) is 0.821. The Kier molecular flexibility index (Phi) is 4.61. The Morgan fingerprint density at radius 3 is 2.63 bits per heavy atom. The number of carbonyl (C=O) groups excluding carboxylic acids is 1. The van der Waals surface area contributed by atoms with E-state index in [1.54, 1.807) is 0 Å². The van der Waals surface area contributed by atoms with E-state index in [1.807, 2.05) is 13.0 Å². The van der Waals surface area contributed by atoms with Crippen LogP contribution in [0.3, 0.4) is 0 Å². The van der Waals surface area contributed by atoms with Crippen molar-refractivity contribution in [3.63, 3.8) is 0 Å². The molecule has 0 spiro atoms. The fraction of sp³-hybridized carbons (Fsp3) is 0.733. The summed E-state index contributed by atoms with van der Waals surface area (Å²) < 4.78 is 0. The summed E-state index contributed by atoms with van der Waals surface area (Å²) in [6.07, 6.45) is 8.12. The molecule has 1 aromatic rings. The number of nitrogens with one attached hydrogen (secondary N) is 2. The Morgan fingerprint density at radius 2 is 2.05 bits per heavy atom. The fourth-order valence-electron chi connectivity index (χ4n) is 2.86. The van der Waals surface area contributed by atoms with Crippen LogP contribution >= 0.6 is 0 Å². The van der Waals surface area contributed by atoms with E-state index in [4.69, 9.17) is 0 Å². The Hall–Kier alpha value is -1.32. The van der Waals surface area contributed by atoms with E-state index in [9.17, 15) is 4.79 Å². The lowest BCUT2D eigenvalue weighted by atomic mass is 9.82. The zero-order valence-electron chi connectivity index (χ0n) is 12.1. The first-order valence-electron chi connectivity index (χ1n) is 7.35. The second kappa shape index (κ2) is 6.22. The standard InChI is InChI=1S/C15H25N3O/c1-12-9-13(18-17-12)10-14(19)16-11-15(2)7-5-3-4-6-8-15/h9H,3-8,10-11H2,1-2H3,(H,16,19)(H,17,18). The molecule has 1 aromatic heterocycles. The average Bonchev–Trinajstić information content (AvgIpc) is 2.64. The van der Waals surface area contributed by atoms with Gasteiger partial charge in [0, 0.05) is 12.2 Å². The number of aromatic amines is 1. The van der Waals surface area contributed by atoms with Gasteiger partial charge in [-0.05, 0) is 31.2 Å². The van der Waals surface area contributed by atoms with Gasteiger partial charge in [0.1, 0.15) is 0 Å². The molecular formula is C15H25N3O. The van der Waals surface area contributed by atoms with Crippen molar-refractivity contribution in [3.8, 4) is 0 Å². The Bertz CT molecular complexity index is 417. The molecule has 1 saturated carbocycles. The molecule has 2 N–H and O–H groups in total. The van der Waals surface area contributed by atoms with Crippen LogP contribution in [0.2, 0.25) is 0 Å². The monoisotopic (exact) mass is 263 g/mol. The van der Waals surface area contributed by atoms with Crippen molar-refractivity contribution in [2.75, 3.05) is 6.54 Å². The fourth-order valence-corrected chi connectivity index (χ4v) is 2.86. The number of aryl methyl sites for hydroxylation is 1. The minimum absolute atomic E-state index is 0.0805. The van der Waals surface area contributed by atoms with Crippen LogP contribution in [0, 0.1) is 12.3 Å². The number of aromatic nitrogens is 2. The van der Waals surface area contributed by atoms with E-state index in [-0.39, 0.29) is 11.3 Å². The van der Waals surface area contributed by atoms with E-state index in [2.05, 4.69) is 22.4 Å². The Labute approximate surface area is 115 Å². The highest BCUT2D eigenvalue weighted by Gasteiger charge is 2.26. The molecule has 0 bridgehead atoms. The largest absolute Gasteiger partial charge is 0.355 e. The number of amides is 1. The van der Waals surface area contributed by atoms with Gasteiger partial charge in [-0.2, -0.15) is 5.10 Å². The molecule has 106 valence electrons. The normalized spacial score (nSPS) is 18.8. The van der Waals surface area contributed by atoms with E-state index in [0.717, 1.165) is 17.9 Å². The van der Waals surface area contributed by atoms with E-state index in [0.29, 0.717) is 6.42 Å². The van der Waals surface area contributed by atoms with Crippen molar-refractivity contribution in [3.05, 3.63) is 17.5 Å². The molecule has 0 unspecified atom stereocenters. The zero-order valence-corrected chi connectivity index (χ0v) is 12.1. The van der Waals surface area contributed by atoms with Crippen LogP contribution in [-0.2, 0) is 11.2 Å². The predicted octanol–water partition coefficient (Wildman–Crippen LogP) is 2.74. The third kappa shape index (κ3) is 4.37. The highest BCUT2D eigenvalue weighted by Crippen LogP contribution is 2.33. The molecule has 1 aliphatic rings. The van der Waals surface area contributed by atoms with Gasteiger partial charge in [-0.1, -0.05) is 32.6 Å². The number of nitrogens with zero attached hydrogens (tertiary/aromatic N) is 1. The molecule has 1 amide bonds. The van der Waals surface area contributed by atoms with Gasteiger partial charge in [-0.25, -0.2) is 0 Å². The summed E-state index contributed by atoms with van der Waals surface area (Å²) in [5.41, 5.74) is 2.10.